The van der Waals surface area contributed by atoms with Crippen LogP contribution < -0.4 is 5.32 Å². The molecule has 82 valence electrons. The van der Waals surface area contributed by atoms with Gasteiger partial charge in [0.05, 0.1) is 6.07 Å². The second-order valence-electron chi connectivity index (χ2n) is 3.80. The average Bonchev–Trinajstić information content (AvgIpc) is 2.70. The fraction of sp³-hybridized carbons (Fsp3) is 0.545. The molecule has 1 aromatic heterocycles. The summed E-state index contributed by atoms with van der Waals surface area (Å²) >= 11 is 0. The minimum Gasteiger partial charge on any atom is -0.363 e. The van der Waals surface area contributed by atoms with E-state index in [-0.39, 0.29) is 6.04 Å². The summed E-state index contributed by atoms with van der Waals surface area (Å²) in [5.74, 6) is 0. The maximum atomic E-state index is 8.96. The van der Waals surface area contributed by atoms with Crippen molar-refractivity contribution in [3.8, 4) is 6.07 Å². The maximum absolute atomic E-state index is 8.96. The lowest BCUT2D eigenvalue weighted by molar-refractivity contribution is 0.391. The van der Waals surface area contributed by atoms with Crippen molar-refractivity contribution in [3.63, 3.8) is 0 Å². The van der Waals surface area contributed by atoms with E-state index in [4.69, 9.17) is 5.26 Å². The molecule has 0 aliphatic heterocycles. The Balaban J connectivity index is 2.27. The summed E-state index contributed by atoms with van der Waals surface area (Å²) in [5, 5.41) is 12.2. The normalized spacial score (nSPS) is 12.7. The molecule has 1 aromatic rings. The number of H-pyrrole nitrogens is 1. The molecule has 4 nitrogen and oxygen atoms in total. The largest absolute Gasteiger partial charge is 0.363 e. The number of nitrogens with zero attached hydrogens (tertiary/aromatic N) is 2. The van der Waals surface area contributed by atoms with Gasteiger partial charge in [-0.25, -0.2) is 0 Å². The van der Waals surface area contributed by atoms with Crippen LogP contribution in [0.25, 0.3) is 0 Å². The van der Waals surface area contributed by atoms with Crippen molar-refractivity contribution in [2.45, 2.75) is 12.5 Å². The number of rotatable bonds is 6. The van der Waals surface area contributed by atoms with E-state index in [2.05, 4.69) is 21.3 Å². The van der Waals surface area contributed by atoms with Crippen molar-refractivity contribution in [1.82, 2.24) is 15.2 Å². The summed E-state index contributed by atoms with van der Waals surface area (Å²) in [5.41, 5.74) is 0.933. The van der Waals surface area contributed by atoms with Gasteiger partial charge < -0.3 is 9.88 Å². The van der Waals surface area contributed by atoms with Crippen molar-refractivity contribution in [2.24, 2.45) is 0 Å². The quantitative estimate of drug-likeness (QED) is 0.686. The second-order valence-corrected chi connectivity index (χ2v) is 3.80. The third-order valence-corrected chi connectivity index (χ3v) is 2.19. The van der Waals surface area contributed by atoms with E-state index in [1.54, 1.807) is 0 Å². The monoisotopic (exact) mass is 206 g/mol. The van der Waals surface area contributed by atoms with Crippen molar-refractivity contribution in [3.05, 3.63) is 24.0 Å². The molecule has 0 fully saturated rings. The molecule has 0 saturated carbocycles. The zero-order valence-corrected chi connectivity index (χ0v) is 9.33. The van der Waals surface area contributed by atoms with Crippen molar-refractivity contribution in [2.75, 3.05) is 27.2 Å². The van der Waals surface area contributed by atoms with Gasteiger partial charge >= 0.3 is 0 Å². The Morgan fingerprint density at radius 3 is 2.93 bits per heavy atom. The van der Waals surface area contributed by atoms with E-state index in [0.29, 0.717) is 0 Å². The summed E-state index contributed by atoms with van der Waals surface area (Å²) in [4.78, 5) is 5.18. The number of nitriles is 1. The maximum Gasteiger partial charge on any atom is 0.136 e. The highest BCUT2D eigenvalue weighted by atomic mass is 15.1. The first kappa shape index (κ1) is 11.8. The summed E-state index contributed by atoms with van der Waals surface area (Å²) in [6, 6.07) is 5.84. The zero-order chi connectivity index (χ0) is 11.1. The molecule has 15 heavy (non-hydrogen) atoms. The van der Waals surface area contributed by atoms with Crippen LogP contribution in [0.15, 0.2) is 18.3 Å². The van der Waals surface area contributed by atoms with E-state index < -0.39 is 0 Å². The molecule has 0 aliphatic rings. The van der Waals surface area contributed by atoms with Gasteiger partial charge in [0.2, 0.25) is 0 Å². The molecule has 0 bridgehead atoms. The topological polar surface area (TPSA) is 54.9 Å². The molecule has 0 saturated heterocycles. The zero-order valence-electron chi connectivity index (χ0n) is 9.33. The molecule has 2 N–H and O–H groups in total. The van der Waals surface area contributed by atoms with E-state index >= 15 is 0 Å². The summed E-state index contributed by atoms with van der Waals surface area (Å²) in [6.07, 6.45) is 2.88. The standard InChI is InChI=1S/C11H18N4/c1-15(2)8-4-7-14-11(9-12)10-5-3-6-13-10/h3,5-6,11,13-14H,4,7-8H2,1-2H3. The average molecular weight is 206 g/mol. The molecular weight excluding hydrogens is 188 g/mol. The third kappa shape index (κ3) is 4.15. The van der Waals surface area contributed by atoms with E-state index in [9.17, 15) is 0 Å². The van der Waals surface area contributed by atoms with Gasteiger partial charge in [-0.3, -0.25) is 5.32 Å². The van der Waals surface area contributed by atoms with Crippen LogP contribution >= 0.6 is 0 Å². The van der Waals surface area contributed by atoms with Crippen LogP contribution in [0.2, 0.25) is 0 Å². The third-order valence-electron chi connectivity index (χ3n) is 2.19. The fourth-order valence-corrected chi connectivity index (χ4v) is 1.39. The van der Waals surface area contributed by atoms with Gasteiger partial charge in [-0.15, -0.1) is 0 Å². The van der Waals surface area contributed by atoms with Gasteiger partial charge in [-0.1, -0.05) is 0 Å². The van der Waals surface area contributed by atoms with Crippen LogP contribution in [0, 0.1) is 11.3 Å². The molecule has 0 radical (unpaired) electrons. The first-order valence-electron chi connectivity index (χ1n) is 5.15. The highest BCUT2D eigenvalue weighted by Crippen LogP contribution is 2.08. The molecular formula is C11H18N4. The minimum absolute atomic E-state index is 0.220. The van der Waals surface area contributed by atoms with Gasteiger partial charge in [0.15, 0.2) is 0 Å². The lowest BCUT2D eigenvalue weighted by Crippen LogP contribution is -2.24. The van der Waals surface area contributed by atoms with Gasteiger partial charge in [0.25, 0.3) is 0 Å². The summed E-state index contributed by atoms with van der Waals surface area (Å²) < 4.78 is 0. The number of hydrogen-bond acceptors (Lipinski definition) is 3. The Morgan fingerprint density at radius 1 is 1.60 bits per heavy atom. The van der Waals surface area contributed by atoms with Crippen molar-refractivity contribution < 1.29 is 0 Å². The Morgan fingerprint density at radius 2 is 2.40 bits per heavy atom. The number of aromatic amines is 1. The Hall–Kier alpha value is -1.31. The molecule has 0 aliphatic carbocycles. The summed E-state index contributed by atoms with van der Waals surface area (Å²) in [7, 11) is 4.10. The predicted octanol–water partition coefficient (Wildman–Crippen LogP) is 1.12. The van der Waals surface area contributed by atoms with Gasteiger partial charge in [-0.2, -0.15) is 5.26 Å². The first-order valence-corrected chi connectivity index (χ1v) is 5.15. The van der Waals surface area contributed by atoms with Crippen LogP contribution in [0.1, 0.15) is 18.2 Å². The lowest BCUT2D eigenvalue weighted by atomic mass is 10.2. The van der Waals surface area contributed by atoms with Crippen LogP contribution in [-0.4, -0.2) is 37.1 Å². The minimum atomic E-state index is -0.220. The second kappa shape index (κ2) is 6.23. The predicted molar refractivity (Wildman–Crippen MR) is 60.3 cm³/mol. The summed E-state index contributed by atoms with van der Waals surface area (Å²) in [6.45, 7) is 1.89. The highest BCUT2D eigenvalue weighted by molar-refractivity contribution is 5.15. The molecule has 0 amide bonds. The Bertz CT molecular complexity index is 297. The van der Waals surface area contributed by atoms with Gasteiger partial charge in [-0.05, 0) is 45.7 Å². The van der Waals surface area contributed by atoms with Crippen LogP contribution in [0.4, 0.5) is 0 Å². The van der Waals surface area contributed by atoms with Crippen LogP contribution in [0.5, 0.6) is 0 Å². The van der Waals surface area contributed by atoms with Crippen LogP contribution in [0.3, 0.4) is 0 Å². The van der Waals surface area contributed by atoms with Gasteiger partial charge in [0.1, 0.15) is 6.04 Å². The van der Waals surface area contributed by atoms with E-state index in [0.717, 1.165) is 25.2 Å². The first-order chi connectivity index (χ1) is 7.24. The highest BCUT2D eigenvalue weighted by Gasteiger charge is 2.08. The molecule has 0 spiro atoms. The number of hydrogen-bond donors (Lipinski definition) is 2. The Kier molecular flexibility index (Phi) is 4.88. The SMILES string of the molecule is CN(C)CCCNC(C#N)c1ccc[nH]1. The van der Waals surface area contributed by atoms with E-state index in [1.807, 2.05) is 32.4 Å². The van der Waals surface area contributed by atoms with E-state index in [1.165, 1.54) is 0 Å². The molecule has 1 unspecified atom stereocenters. The van der Waals surface area contributed by atoms with Crippen molar-refractivity contribution >= 4 is 0 Å². The molecule has 1 heterocycles. The molecule has 1 atom stereocenters. The fourth-order valence-electron chi connectivity index (χ4n) is 1.39. The van der Waals surface area contributed by atoms with Crippen molar-refractivity contribution in [1.29, 1.82) is 5.26 Å². The smallest absolute Gasteiger partial charge is 0.136 e. The molecule has 0 aromatic carbocycles. The van der Waals surface area contributed by atoms with Gasteiger partial charge in [0, 0.05) is 11.9 Å². The number of aromatic nitrogens is 1. The molecule has 1 rings (SSSR count). The number of nitrogens with one attached hydrogen (secondary N) is 2. The van der Waals surface area contributed by atoms with Crippen LogP contribution in [-0.2, 0) is 0 Å². The lowest BCUT2D eigenvalue weighted by Gasteiger charge is -2.12. The Labute approximate surface area is 90.9 Å². The molecule has 4 heteroatoms.